The Morgan fingerprint density at radius 3 is 2.75 bits per heavy atom. The third kappa shape index (κ3) is 4.96. The topological polar surface area (TPSA) is 61.9 Å². The van der Waals surface area contributed by atoms with Crippen LogP contribution < -0.4 is 5.32 Å². The van der Waals surface area contributed by atoms with E-state index in [0.717, 1.165) is 19.4 Å². The van der Waals surface area contributed by atoms with Gasteiger partial charge in [-0.05, 0) is 19.4 Å². The van der Waals surface area contributed by atoms with Crippen LogP contribution in [0, 0.1) is 0 Å². The molecule has 1 aliphatic heterocycles. The molecule has 1 saturated heterocycles. The quantitative estimate of drug-likeness (QED) is 0.669. The fourth-order valence-corrected chi connectivity index (χ4v) is 3.86. The molecule has 1 fully saturated rings. The van der Waals surface area contributed by atoms with Gasteiger partial charge in [0.2, 0.25) is 0 Å². The zero-order chi connectivity index (χ0) is 15.2. The van der Waals surface area contributed by atoms with E-state index in [9.17, 15) is 8.42 Å². The van der Waals surface area contributed by atoms with Crippen LogP contribution in [0.25, 0.3) is 0 Å². The number of morpholine rings is 1. The predicted molar refractivity (Wildman–Crippen MR) is 80.9 cm³/mol. The third-order valence-electron chi connectivity index (χ3n) is 3.54. The summed E-state index contributed by atoms with van der Waals surface area (Å²) in [5, 5.41) is 3.30. The van der Waals surface area contributed by atoms with E-state index >= 15 is 0 Å². The maximum atomic E-state index is 12.6. The first-order valence-electron chi connectivity index (χ1n) is 7.43. The van der Waals surface area contributed by atoms with E-state index in [4.69, 9.17) is 4.74 Å². The molecule has 1 unspecified atom stereocenters. The van der Waals surface area contributed by atoms with Crippen molar-refractivity contribution in [1.29, 1.82) is 0 Å². The lowest BCUT2D eigenvalue weighted by atomic mass is 10.2. The maximum Gasteiger partial charge on any atom is 0.282 e. The SMILES string of the molecule is CCC1COCCN1S(=O)(=O)N(C)CCCNC(C)C. The molecule has 0 aromatic heterocycles. The van der Waals surface area contributed by atoms with Crippen LogP contribution in [0.3, 0.4) is 0 Å². The summed E-state index contributed by atoms with van der Waals surface area (Å²) in [6, 6.07) is 0.394. The van der Waals surface area contributed by atoms with Crippen molar-refractivity contribution in [2.24, 2.45) is 0 Å². The molecule has 0 bridgehead atoms. The van der Waals surface area contributed by atoms with Crippen molar-refractivity contribution in [3.05, 3.63) is 0 Å². The first-order valence-corrected chi connectivity index (χ1v) is 8.83. The Kier molecular flexibility index (Phi) is 7.39. The number of hydrogen-bond acceptors (Lipinski definition) is 4. The molecule has 7 heteroatoms. The lowest BCUT2D eigenvalue weighted by molar-refractivity contribution is 0.0289. The van der Waals surface area contributed by atoms with E-state index < -0.39 is 10.2 Å². The summed E-state index contributed by atoms with van der Waals surface area (Å²) in [7, 11) is -1.71. The van der Waals surface area contributed by atoms with Crippen molar-refractivity contribution >= 4 is 10.2 Å². The van der Waals surface area contributed by atoms with Gasteiger partial charge in [-0.1, -0.05) is 20.8 Å². The van der Waals surface area contributed by atoms with Gasteiger partial charge in [-0.15, -0.1) is 0 Å². The van der Waals surface area contributed by atoms with E-state index in [-0.39, 0.29) is 6.04 Å². The Morgan fingerprint density at radius 1 is 1.45 bits per heavy atom. The van der Waals surface area contributed by atoms with Gasteiger partial charge in [-0.25, -0.2) is 0 Å². The molecule has 0 amide bonds. The average Bonchev–Trinajstić information content (AvgIpc) is 2.42. The van der Waals surface area contributed by atoms with Crippen molar-refractivity contribution in [2.75, 3.05) is 39.9 Å². The fraction of sp³-hybridized carbons (Fsp3) is 1.00. The molecule has 1 heterocycles. The highest BCUT2D eigenvalue weighted by molar-refractivity contribution is 7.86. The summed E-state index contributed by atoms with van der Waals surface area (Å²) in [5.74, 6) is 0. The Labute approximate surface area is 123 Å². The van der Waals surface area contributed by atoms with E-state index in [1.807, 2.05) is 6.92 Å². The summed E-state index contributed by atoms with van der Waals surface area (Å²) >= 11 is 0. The van der Waals surface area contributed by atoms with Crippen LogP contribution >= 0.6 is 0 Å². The molecule has 6 nitrogen and oxygen atoms in total. The Balaban J connectivity index is 2.53. The normalized spacial score (nSPS) is 21.8. The number of ether oxygens (including phenoxy) is 1. The highest BCUT2D eigenvalue weighted by Crippen LogP contribution is 2.17. The lowest BCUT2D eigenvalue weighted by Gasteiger charge is -2.36. The molecule has 1 aliphatic rings. The van der Waals surface area contributed by atoms with Gasteiger partial charge in [0.15, 0.2) is 0 Å². The van der Waals surface area contributed by atoms with Crippen LogP contribution in [-0.2, 0) is 14.9 Å². The van der Waals surface area contributed by atoms with Crippen LogP contribution in [-0.4, -0.2) is 69.0 Å². The first-order chi connectivity index (χ1) is 9.39. The van der Waals surface area contributed by atoms with Gasteiger partial charge >= 0.3 is 0 Å². The number of nitrogens with zero attached hydrogens (tertiary/aromatic N) is 2. The molecule has 1 N–H and O–H groups in total. The van der Waals surface area contributed by atoms with Gasteiger partial charge in [0.25, 0.3) is 10.2 Å². The summed E-state index contributed by atoms with van der Waals surface area (Å²) < 4.78 is 33.5. The Hall–Kier alpha value is -0.210. The van der Waals surface area contributed by atoms with Crippen LogP contribution in [0.2, 0.25) is 0 Å². The Bertz CT molecular complexity index is 373. The second-order valence-electron chi connectivity index (χ2n) is 5.54. The highest BCUT2D eigenvalue weighted by atomic mass is 32.2. The number of hydrogen-bond donors (Lipinski definition) is 1. The van der Waals surface area contributed by atoms with Gasteiger partial charge in [-0.3, -0.25) is 0 Å². The van der Waals surface area contributed by atoms with Crippen molar-refractivity contribution in [2.45, 2.75) is 45.7 Å². The minimum Gasteiger partial charge on any atom is -0.378 e. The minimum absolute atomic E-state index is 0.0370. The largest absolute Gasteiger partial charge is 0.378 e. The lowest BCUT2D eigenvalue weighted by Crippen LogP contribution is -2.53. The zero-order valence-corrected chi connectivity index (χ0v) is 13.9. The van der Waals surface area contributed by atoms with Gasteiger partial charge in [0, 0.05) is 32.2 Å². The molecule has 0 radical (unpaired) electrons. The van der Waals surface area contributed by atoms with Crippen molar-refractivity contribution in [3.63, 3.8) is 0 Å². The van der Waals surface area contributed by atoms with Gasteiger partial charge in [0.1, 0.15) is 0 Å². The number of rotatable bonds is 8. The van der Waals surface area contributed by atoms with E-state index in [1.54, 1.807) is 11.4 Å². The van der Waals surface area contributed by atoms with E-state index in [0.29, 0.717) is 32.3 Å². The minimum atomic E-state index is -3.37. The molecular formula is C13H29N3O3S. The van der Waals surface area contributed by atoms with Crippen LogP contribution in [0.15, 0.2) is 0 Å². The van der Waals surface area contributed by atoms with Crippen LogP contribution in [0.5, 0.6) is 0 Å². The van der Waals surface area contributed by atoms with E-state index in [2.05, 4.69) is 19.2 Å². The van der Waals surface area contributed by atoms with Crippen molar-refractivity contribution in [3.8, 4) is 0 Å². The first kappa shape index (κ1) is 17.8. The smallest absolute Gasteiger partial charge is 0.282 e. The molecule has 1 atom stereocenters. The standard InChI is InChI=1S/C13H29N3O3S/c1-5-13-11-19-10-9-16(13)20(17,18)15(4)8-6-7-14-12(2)3/h12-14H,5-11H2,1-4H3. The molecule has 0 aromatic rings. The van der Waals surface area contributed by atoms with Crippen molar-refractivity contribution in [1.82, 2.24) is 13.9 Å². The predicted octanol–water partition coefficient (Wildman–Crippen LogP) is 0.662. The summed E-state index contributed by atoms with van der Waals surface area (Å²) in [6.07, 6.45) is 1.59. The number of nitrogens with one attached hydrogen (secondary N) is 1. The zero-order valence-electron chi connectivity index (χ0n) is 13.1. The third-order valence-corrected chi connectivity index (χ3v) is 5.58. The second-order valence-corrected chi connectivity index (χ2v) is 7.53. The average molecular weight is 307 g/mol. The molecular weight excluding hydrogens is 278 g/mol. The molecule has 120 valence electrons. The molecule has 20 heavy (non-hydrogen) atoms. The molecule has 0 aliphatic carbocycles. The van der Waals surface area contributed by atoms with Gasteiger partial charge in [0.05, 0.1) is 13.2 Å². The monoisotopic (exact) mass is 307 g/mol. The Morgan fingerprint density at radius 2 is 2.15 bits per heavy atom. The fourth-order valence-electron chi connectivity index (χ4n) is 2.25. The van der Waals surface area contributed by atoms with Crippen LogP contribution in [0.1, 0.15) is 33.6 Å². The summed E-state index contributed by atoms with van der Waals surface area (Å²) in [4.78, 5) is 0. The van der Waals surface area contributed by atoms with Crippen molar-refractivity contribution < 1.29 is 13.2 Å². The second kappa shape index (κ2) is 8.29. The van der Waals surface area contributed by atoms with Gasteiger partial charge < -0.3 is 10.1 Å². The van der Waals surface area contributed by atoms with Crippen LogP contribution in [0.4, 0.5) is 0 Å². The van der Waals surface area contributed by atoms with Gasteiger partial charge in [-0.2, -0.15) is 17.0 Å². The summed E-state index contributed by atoms with van der Waals surface area (Å²) in [6.45, 7) is 8.97. The molecule has 1 rings (SSSR count). The molecule has 0 aromatic carbocycles. The molecule has 0 saturated carbocycles. The summed E-state index contributed by atoms with van der Waals surface area (Å²) in [5.41, 5.74) is 0. The highest BCUT2D eigenvalue weighted by Gasteiger charge is 2.34. The van der Waals surface area contributed by atoms with E-state index in [1.165, 1.54) is 4.31 Å². The molecule has 0 spiro atoms. The maximum absolute atomic E-state index is 12.6.